The third-order valence-corrected chi connectivity index (χ3v) is 3.81. The number of hydrogen-bond donors (Lipinski definition) is 1. The minimum Gasteiger partial charge on any atom is -0.373 e. The first kappa shape index (κ1) is 15.9. The van der Waals surface area contributed by atoms with Gasteiger partial charge in [-0.15, -0.1) is 0 Å². The van der Waals surface area contributed by atoms with Crippen molar-refractivity contribution in [2.45, 2.75) is 33.2 Å². The molecule has 7 heteroatoms. The van der Waals surface area contributed by atoms with Crippen molar-refractivity contribution in [1.29, 1.82) is 0 Å². The third kappa shape index (κ3) is 2.93. The molecule has 1 heterocycles. The number of nitrogens with zero attached hydrogens (tertiary/aromatic N) is 3. The van der Waals surface area contributed by atoms with E-state index in [0.717, 1.165) is 29.4 Å². The second kappa shape index (κ2) is 6.13. The van der Waals surface area contributed by atoms with Crippen LogP contribution in [0.1, 0.15) is 36.3 Å². The number of hydrogen-bond acceptors (Lipinski definition) is 4. The topological polar surface area (TPSA) is 73.0 Å². The summed E-state index contributed by atoms with van der Waals surface area (Å²) in [5.74, 6) is -0.626. The van der Waals surface area contributed by atoms with E-state index >= 15 is 0 Å². The van der Waals surface area contributed by atoms with Crippen LogP contribution < -0.4 is 5.32 Å². The molecule has 0 spiro atoms. The van der Waals surface area contributed by atoms with Crippen LogP contribution in [0.4, 0.5) is 15.8 Å². The Kier molecular flexibility index (Phi) is 4.44. The fourth-order valence-corrected chi connectivity index (χ4v) is 2.64. The quantitative estimate of drug-likeness (QED) is 0.676. The molecule has 1 aromatic heterocycles. The lowest BCUT2D eigenvalue weighted by Crippen LogP contribution is -2.13. The summed E-state index contributed by atoms with van der Waals surface area (Å²) in [7, 11) is 1.86. The van der Waals surface area contributed by atoms with Crippen LogP contribution in [0.5, 0.6) is 0 Å². The molecule has 0 aliphatic carbocycles. The predicted molar refractivity (Wildman–Crippen MR) is 82.4 cm³/mol. The molecule has 0 saturated heterocycles. The molecular weight excluding hydrogens is 287 g/mol. The lowest BCUT2D eigenvalue weighted by molar-refractivity contribution is -0.384. The summed E-state index contributed by atoms with van der Waals surface area (Å²) < 4.78 is 15.0. The van der Waals surface area contributed by atoms with Crippen LogP contribution in [0, 0.1) is 29.8 Å². The van der Waals surface area contributed by atoms with E-state index in [1.165, 1.54) is 12.1 Å². The van der Waals surface area contributed by atoms with Crippen molar-refractivity contribution in [3.05, 3.63) is 51.1 Å². The molecular formula is C15H19FN4O2. The molecule has 0 amide bonds. The first-order valence-electron chi connectivity index (χ1n) is 7.05. The molecule has 0 aliphatic heterocycles. The van der Waals surface area contributed by atoms with E-state index in [2.05, 4.69) is 10.4 Å². The summed E-state index contributed by atoms with van der Waals surface area (Å²) in [6.07, 6.45) is 0.724. The third-order valence-electron chi connectivity index (χ3n) is 3.81. The number of aromatic nitrogens is 2. The van der Waals surface area contributed by atoms with Crippen molar-refractivity contribution in [2.24, 2.45) is 7.05 Å². The number of nitro benzene ring substituents is 1. The second-order valence-corrected chi connectivity index (χ2v) is 5.23. The average molecular weight is 306 g/mol. The Hall–Kier alpha value is -2.44. The fourth-order valence-electron chi connectivity index (χ4n) is 2.64. The van der Waals surface area contributed by atoms with Crippen LogP contribution in [-0.2, 0) is 7.05 Å². The fraction of sp³-hybridized carbons (Fsp3) is 0.400. The monoisotopic (exact) mass is 306 g/mol. The Bertz CT molecular complexity index is 712. The average Bonchev–Trinajstić information content (AvgIpc) is 2.71. The summed E-state index contributed by atoms with van der Waals surface area (Å²) in [4.78, 5) is 10.5. The highest BCUT2D eigenvalue weighted by Crippen LogP contribution is 2.32. The van der Waals surface area contributed by atoms with Crippen molar-refractivity contribution in [1.82, 2.24) is 9.78 Å². The van der Waals surface area contributed by atoms with Crippen molar-refractivity contribution in [3.63, 3.8) is 0 Å². The van der Waals surface area contributed by atoms with Gasteiger partial charge < -0.3 is 5.32 Å². The van der Waals surface area contributed by atoms with Crippen LogP contribution in [0.3, 0.4) is 0 Å². The number of nitrogens with one attached hydrogen (secondary N) is 1. The molecule has 0 saturated carbocycles. The van der Waals surface area contributed by atoms with Gasteiger partial charge in [-0.1, -0.05) is 6.92 Å². The predicted octanol–water partition coefficient (Wildman–Crippen LogP) is 3.65. The van der Waals surface area contributed by atoms with Crippen molar-refractivity contribution in [2.75, 3.05) is 5.32 Å². The van der Waals surface area contributed by atoms with Gasteiger partial charge in [0.25, 0.3) is 5.69 Å². The van der Waals surface area contributed by atoms with Gasteiger partial charge in [0.2, 0.25) is 0 Å². The van der Waals surface area contributed by atoms with Crippen molar-refractivity contribution < 1.29 is 9.31 Å². The van der Waals surface area contributed by atoms with Crippen molar-refractivity contribution in [3.8, 4) is 0 Å². The zero-order chi connectivity index (χ0) is 16.4. The van der Waals surface area contributed by atoms with Crippen LogP contribution >= 0.6 is 0 Å². The first-order valence-corrected chi connectivity index (χ1v) is 7.05. The Morgan fingerprint density at radius 2 is 2.14 bits per heavy atom. The summed E-state index contributed by atoms with van der Waals surface area (Å²) in [5, 5.41) is 18.6. The highest BCUT2D eigenvalue weighted by Gasteiger charge is 2.22. The molecule has 1 atom stereocenters. The summed E-state index contributed by atoms with van der Waals surface area (Å²) >= 11 is 0. The number of nitro groups is 1. The highest BCUT2D eigenvalue weighted by molar-refractivity contribution is 5.62. The molecule has 1 N–H and O–H groups in total. The van der Waals surface area contributed by atoms with E-state index in [-0.39, 0.29) is 11.7 Å². The molecule has 2 rings (SSSR count). The normalized spacial score (nSPS) is 12.2. The summed E-state index contributed by atoms with van der Waals surface area (Å²) in [6, 6.07) is 3.41. The van der Waals surface area contributed by atoms with Crippen LogP contribution in [0.25, 0.3) is 0 Å². The van der Waals surface area contributed by atoms with E-state index in [1.807, 2.05) is 27.8 Å². The maximum atomic E-state index is 13.2. The molecule has 0 fully saturated rings. The highest BCUT2D eigenvalue weighted by atomic mass is 19.1. The lowest BCUT2D eigenvalue weighted by Gasteiger charge is -2.19. The van der Waals surface area contributed by atoms with E-state index in [4.69, 9.17) is 0 Å². The molecule has 2 aromatic rings. The van der Waals surface area contributed by atoms with E-state index in [1.54, 1.807) is 4.68 Å². The van der Waals surface area contributed by atoms with Crippen molar-refractivity contribution >= 4 is 11.4 Å². The molecule has 118 valence electrons. The minimum absolute atomic E-state index is 0.127. The van der Waals surface area contributed by atoms with Gasteiger partial charge in [-0.05, 0) is 32.4 Å². The second-order valence-electron chi connectivity index (χ2n) is 5.23. The van der Waals surface area contributed by atoms with Gasteiger partial charge in [0.1, 0.15) is 11.5 Å². The van der Waals surface area contributed by atoms with Gasteiger partial charge in [0.05, 0.1) is 22.7 Å². The number of aryl methyl sites for hydroxylation is 2. The number of halogens is 1. The van der Waals surface area contributed by atoms with Crippen LogP contribution in [0.15, 0.2) is 18.2 Å². The molecule has 22 heavy (non-hydrogen) atoms. The van der Waals surface area contributed by atoms with Gasteiger partial charge in [0, 0.05) is 18.3 Å². The Morgan fingerprint density at radius 1 is 1.45 bits per heavy atom. The molecule has 0 aliphatic rings. The van der Waals surface area contributed by atoms with Gasteiger partial charge >= 0.3 is 0 Å². The molecule has 1 unspecified atom stereocenters. The minimum atomic E-state index is -0.626. The molecule has 0 radical (unpaired) electrons. The lowest BCUT2D eigenvalue weighted by atomic mass is 10.0. The maximum Gasteiger partial charge on any atom is 0.295 e. The standard InChI is InChI=1S/C15H19FN4O2/c1-5-12(15-9(2)18-19(4)10(15)3)17-13-7-6-11(16)8-14(13)20(21)22/h6-8,12,17H,5H2,1-4H3. The molecule has 1 aromatic carbocycles. The Morgan fingerprint density at radius 3 is 2.64 bits per heavy atom. The number of benzene rings is 1. The number of rotatable bonds is 5. The van der Waals surface area contributed by atoms with Crippen LogP contribution in [-0.4, -0.2) is 14.7 Å². The Labute approximate surface area is 128 Å². The van der Waals surface area contributed by atoms with Gasteiger partial charge in [-0.3, -0.25) is 14.8 Å². The number of anilines is 1. The van der Waals surface area contributed by atoms with Gasteiger partial charge in [0.15, 0.2) is 0 Å². The smallest absolute Gasteiger partial charge is 0.295 e. The van der Waals surface area contributed by atoms with E-state index in [9.17, 15) is 14.5 Å². The first-order chi connectivity index (χ1) is 10.3. The summed E-state index contributed by atoms with van der Waals surface area (Å²) in [5.41, 5.74) is 2.94. The van der Waals surface area contributed by atoms with Gasteiger partial charge in [-0.2, -0.15) is 5.10 Å². The summed E-state index contributed by atoms with van der Waals surface area (Å²) in [6.45, 7) is 5.85. The SMILES string of the molecule is CCC(Nc1ccc(F)cc1[N+](=O)[O-])c1c(C)nn(C)c1C. The zero-order valence-electron chi connectivity index (χ0n) is 13.1. The van der Waals surface area contributed by atoms with E-state index < -0.39 is 10.7 Å². The van der Waals surface area contributed by atoms with E-state index in [0.29, 0.717) is 5.69 Å². The molecule has 6 nitrogen and oxygen atoms in total. The largest absolute Gasteiger partial charge is 0.373 e. The zero-order valence-corrected chi connectivity index (χ0v) is 13.1. The Balaban J connectivity index is 2.41. The van der Waals surface area contributed by atoms with Crippen LogP contribution in [0.2, 0.25) is 0 Å². The van der Waals surface area contributed by atoms with Gasteiger partial charge in [-0.25, -0.2) is 4.39 Å². The maximum absolute atomic E-state index is 13.2. The molecule has 0 bridgehead atoms.